The standard InChI is InChI=1S/C44H32N4O/c1-3-33-22-20-28-21-23-35-37(26-34(4-2)46-41(35)39(28)45-33)31-16-10-14-29(24-31)30-15-11-17-32(25-30)44-47-40(27-12-6-5-7-13-27)43-42(48-44)36-18-8-9-19-38(36)49-43/h5-26H,3-4H2,1-2H3. The van der Waals surface area contributed by atoms with Crippen LogP contribution in [0.5, 0.6) is 0 Å². The highest BCUT2D eigenvalue weighted by atomic mass is 16.3. The summed E-state index contributed by atoms with van der Waals surface area (Å²) in [7, 11) is 0. The lowest BCUT2D eigenvalue weighted by Crippen LogP contribution is -1.96. The topological polar surface area (TPSA) is 64.7 Å². The molecule has 0 aliphatic carbocycles. The Morgan fingerprint density at radius 2 is 1.14 bits per heavy atom. The van der Waals surface area contributed by atoms with Crippen molar-refractivity contribution >= 4 is 43.9 Å². The van der Waals surface area contributed by atoms with E-state index in [-0.39, 0.29) is 0 Å². The number of aryl methyl sites for hydroxylation is 2. The number of rotatable bonds is 6. The van der Waals surface area contributed by atoms with E-state index in [1.54, 1.807) is 0 Å². The van der Waals surface area contributed by atoms with Gasteiger partial charge in [0.15, 0.2) is 11.4 Å². The monoisotopic (exact) mass is 632 g/mol. The van der Waals surface area contributed by atoms with Crippen molar-refractivity contribution in [3.05, 3.63) is 145 Å². The van der Waals surface area contributed by atoms with Crippen molar-refractivity contribution in [2.45, 2.75) is 26.7 Å². The van der Waals surface area contributed by atoms with Crippen molar-refractivity contribution in [3.63, 3.8) is 0 Å². The largest absolute Gasteiger partial charge is 0.452 e. The number of para-hydroxylation sites is 1. The molecule has 9 aromatic rings. The lowest BCUT2D eigenvalue weighted by molar-refractivity contribution is 0.667. The summed E-state index contributed by atoms with van der Waals surface area (Å²) in [6.45, 7) is 4.30. The van der Waals surface area contributed by atoms with Gasteiger partial charge < -0.3 is 4.42 Å². The van der Waals surface area contributed by atoms with Gasteiger partial charge in [0.05, 0.1) is 11.0 Å². The van der Waals surface area contributed by atoms with Crippen LogP contribution in [0.3, 0.4) is 0 Å². The fraction of sp³-hybridized carbons (Fsp3) is 0.0909. The van der Waals surface area contributed by atoms with E-state index >= 15 is 0 Å². The molecule has 0 atom stereocenters. The molecule has 0 bridgehead atoms. The first-order valence-corrected chi connectivity index (χ1v) is 16.8. The van der Waals surface area contributed by atoms with Crippen LogP contribution in [0, 0.1) is 0 Å². The normalized spacial score (nSPS) is 11.6. The van der Waals surface area contributed by atoms with Crippen LogP contribution in [-0.2, 0) is 12.8 Å². The minimum atomic E-state index is 0.662. The molecule has 0 saturated carbocycles. The molecular formula is C44H32N4O. The van der Waals surface area contributed by atoms with E-state index in [9.17, 15) is 0 Å². The summed E-state index contributed by atoms with van der Waals surface area (Å²) in [4.78, 5) is 20.3. The minimum Gasteiger partial charge on any atom is -0.452 e. The van der Waals surface area contributed by atoms with Crippen LogP contribution in [0.25, 0.3) is 88.8 Å². The molecule has 0 radical (unpaired) electrons. The average molecular weight is 633 g/mol. The zero-order valence-electron chi connectivity index (χ0n) is 27.3. The molecule has 5 nitrogen and oxygen atoms in total. The number of aromatic nitrogens is 4. The van der Waals surface area contributed by atoms with Gasteiger partial charge in [-0.2, -0.15) is 0 Å². The molecule has 0 saturated heterocycles. The third kappa shape index (κ3) is 5.02. The average Bonchev–Trinajstić information content (AvgIpc) is 3.56. The van der Waals surface area contributed by atoms with Crippen molar-refractivity contribution in [1.29, 1.82) is 0 Å². The summed E-state index contributed by atoms with van der Waals surface area (Å²) in [6, 6.07) is 46.4. The van der Waals surface area contributed by atoms with Gasteiger partial charge >= 0.3 is 0 Å². The van der Waals surface area contributed by atoms with Crippen molar-refractivity contribution in [2.24, 2.45) is 0 Å². The predicted octanol–water partition coefficient (Wildman–Crippen LogP) is 11.3. The maximum atomic E-state index is 6.33. The van der Waals surface area contributed by atoms with Crippen LogP contribution in [0.4, 0.5) is 0 Å². The number of pyridine rings is 2. The zero-order chi connectivity index (χ0) is 32.9. The zero-order valence-corrected chi connectivity index (χ0v) is 27.3. The Bertz CT molecular complexity index is 2690. The molecule has 0 aliphatic rings. The van der Waals surface area contributed by atoms with Gasteiger partial charge in [-0.3, -0.25) is 9.97 Å². The molecular weight excluding hydrogens is 601 g/mol. The molecule has 0 amide bonds. The molecule has 0 fully saturated rings. The van der Waals surface area contributed by atoms with E-state index in [2.05, 4.69) is 111 Å². The maximum absolute atomic E-state index is 6.33. The van der Waals surface area contributed by atoms with Crippen LogP contribution in [0.15, 0.2) is 138 Å². The van der Waals surface area contributed by atoms with Crippen LogP contribution >= 0.6 is 0 Å². The quantitative estimate of drug-likeness (QED) is 0.171. The second-order valence-electron chi connectivity index (χ2n) is 12.4. The van der Waals surface area contributed by atoms with Gasteiger partial charge in [-0.1, -0.05) is 111 Å². The van der Waals surface area contributed by atoms with E-state index in [1.807, 2.05) is 36.4 Å². The fourth-order valence-electron chi connectivity index (χ4n) is 6.80. The van der Waals surface area contributed by atoms with E-state index < -0.39 is 0 Å². The smallest absolute Gasteiger partial charge is 0.180 e. The molecule has 5 heteroatoms. The first-order chi connectivity index (χ1) is 24.2. The molecule has 5 aromatic carbocycles. The summed E-state index contributed by atoms with van der Waals surface area (Å²) in [5.41, 5.74) is 13.6. The van der Waals surface area contributed by atoms with Gasteiger partial charge in [0.2, 0.25) is 0 Å². The Labute approximate surface area is 284 Å². The Balaban J connectivity index is 1.18. The van der Waals surface area contributed by atoms with Crippen LogP contribution in [-0.4, -0.2) is 19.9 Å². The number of benzene rings is 5. The Kier molecular flexibility index (Phi) is 6.98. The first-order valence-electron chi connectivity index (χ1n) is 16.8. The Hall–Kier alpha value is -6.20. The molecule has 234 valence electrons. The number of furan rings is 1. The molecule has 4 aromatic heterocycles. The van der Waals surface area contributed by atoms with Gasteiger partial charge in [-0.15, -0.1) is 0 Å². The van der Waals surface area contributed by atoms with E-state index in [0.717, 1.165) is 96.0 Å². The van der Waals surface area contributed by atoms with Gasteiger partial charge in [0.1, 0.15) is 16.8 Å². The lowest BCUT2D eigenvalue weighted by Gasteiger charge is -2.13. The Morgan fingerprint density at radius 1 is 0.469 bits per heavy atom. The third-order valence-electron chi connectivity index (χ3n) is 9.37. The molecule has 4 heterocycles. The van der Waals surface area contributed by atoms with Crippen molar-refractivity contribution < 1.29 is 4.42 Å². The van der Waals surface area contributed by atoms with E-state index in [4.69, 9.17) is 24.4 Å². The molecule has 9 rings (SSSR count). The molecule has 0 aliphatic heterocycles. The lowest BCUT2D eigenvalue weighted by atomic mass is 9.94. The summed E-state index contributed by atoms with van der Waals surface area (Å²) in [5.74, 6) is 0.662. The van der Waals surface area contributed by atoms with Crippen LogP contribution in [0.1, 0.15) is 25.2 Å². The third-order valence-corrected chi connectivity index (χ3v) is 9.37. The summed E-state index contributed by atoms with van der Waals surface area (Å²) >= 11 is 0. The highest BCUT2D eigenvalue weighted by Gasteiger charge is 2.18. The fourth-order valence-corrected chi connectivity index (χ4v) is 6.80. The summed E-state index contributed by atoms with van der Waals surface area (Å²) in [5, 5.41) is 3.20. The van der Waals surface area contributed by atoms with Crippen LogP contribution in [0.2, 0.25) is 0 Å². The second-order valence-corrected chi connectivity index (χ2v) is 12.4. The Morgan fingerprint density at radius 3 is 1.96 bits per heavy atom. The molecule has 0 unspecified atom stereocenters. The van der Waals surface area contributed by atoms with Crippen molar-refractivity contribution in [3.8, 4) is 44.9 Å². The number of hydrogen-bond acceptors (Lipinski definition) is 5. The van der Waals surface area contributed by atoms with Crippen molar-refractivity contribution in [1.82, 2.24) is 19.9 Å². The highest BCUT2D eigenvalue weighted by molar-refractivity contribution is 6.09. The summed E-state index contributed by atoms with van der Waals surface area (Å²) < 4.78 is 6.33. The van der Waals surface area contributed by atoms with Crippen LogP contribution < -0.4 is 0 Å². The van der Waals surface area contributed by atoms with Gasteiger partial charge in [0.25, 0.3) is 0 Å². The number of nitrogens with zero attached hydrogens (tertiary/aromatic N) is 4. The van der Waals surface area contributed by atoms with Gasteiger partial charge in [0, 0.05) is 38.7 Å². The van der Waals surface area contributed by atoms with E-state index in [0.29, 0.717) is 11.4 Å². The summed E-state index contributed by atoms with van der Waals surface area (Å²) in [6.07, 6.45) is 1.73. The second kappa shape index (κ2) is 11.8. The molecule has 49 heavy (non-hydrogen) atoms. The SMILES string of the molecule is CCc1ccc2ccc3c(-c4cccc(-c5cccc(-c6nc(-c7ccccc7)c7oc8ccccc8c7n6)c5)c4)cc(CC)nc3c2n1. The number of fused-ring (bicyclic) bond motifs is 6. The predicted molar refractivity (Wildman–Crippen MR) is 200 cm³/mol. The van der Waals surface area contributed by atoms with Gasteiger partial charge in [-0.05, 0) is 71.5 Å². The maximum Gasteiger partial charge on any atom is 0.180 e. The molecule has 0 spiro atoms. The first kappa shape index (κ1) is 29.0. The highest BCUT2D eigenvalue weighted by Crippen LogP contribution is 2.38. The van der Waals surface area contributed by atoms with E-state index in [1.165, 1.54) is 5.56 Å². The van der Waals surface area contributed by atoms with Crippen molar-refractivity contribution in [2.75, 3.05) is 0 Å². The van der Waals surface area contributed by atoms with Gasteiger partial charge in [-0.25, -0.2) is 9.97 Å². The molecule has 0 N–H and O–H groups in total. The number of hydrogen-bond donors (Lipinski definition) is 0. The minimum absolute atomic E-state index is 0.662.